The van der Waals surface area contributed by atoms with Crippen molar-refractivity contribution >= 4 is 6.09 Å². The molecule has 1 aromatic carbocycles. The fraction of sp³-hybridized carbons (Fsp3) is 0.588. The van der Waals surface area contributed by atoms with E-state index in [4.69, 9.17) is 4.74 Å². The minimum absolute atomic E-state index is 0.287. The molecule has 1 saturated heterocycles. The number of alkyl halides is 3. The molecule has 1 aromatic rings. The number of benzene rings is 1. The van der Waals surface area contributed by atoms with E-state index in [1.165, 1.54) is 0 Å². The lowest BCUT2D eigenvalue weighted by Gasteiger charge is -2.35. The van der Waals surface area contributed by atoms with Crippen molar-refractivity contribution in [3.05, 3.63) is 34.9 Å². The van der Waals surface area contributed by atoms with Crippen LogP contribution in [0, 0.1) is 6.92 Å². The zero-order valence-electron chi connectivity index (χ0n) is 14.0. The second kappa shape index (κ2) is 5.73. The van der Waals surface area contributed by atoms with Gasteiger partial charge in [0, 0.05) is 5.54 Å². The van der Waals surface area contributed by atoms with Gasteiger partial charge in [-0.1, -0.05) is 18.6 Å². The number of cyclic esters (lactones) is 1. The van der Waals surface area contributed by atoms with Gasteiger partial charge >= 0.3 is 12.3 Å². The number of halogens is 3. The molecule has 0 N–H and O–H groups in total. The lowest BCUT2D eigenvalue weighted by atomic mass is 9.94. The van der Waals surface area contributed by atoms with Crippen molar-refractivity contribution in [2.24, 2.45) is 0 Å². The van der Waals surface area contributed by atoms with Crippen LogP contribution in [0.5, 0.6) is 0 Å². The number of carbonyl (C=O) groups excluding carboxylic acids is 1. The van der Waals surface area contributed by atoms with Gasteiger partial charge in [-0.3, -0.25) is 4.90 Å². The molecule has 2 atom stereocenters. The molecule has 23 heavy (non-hydrogen) atoms. The van der Waals surface area contributed by atoms with Crippen molar-refractivity contribution in [1.82, 2.24) is 4.90 Å². The Kier molecular flexibility index (Phi) is 4.39. The molecule has 1 amide bonds. The first-order valence-electron chi connectivity index (χ1n) is 7.64. The van der Waals surface area contributed by atoms with Crippen molar-refractivity contribution < 1.29 is 22.7 Å². The monoisotopic (exact) mass is 329 g/mol. The van der Waals surface area contributed by atoms with Crippen LogP contribution in [0.2, 0.25) is 0 Å². The highest BCUT2D eigenvalue weighted by Gasteiger charge is 2.46. The number of hydrogen-bond acceptors (Lipinski definition) is 2. The quantitative estimate of drug-likeness (QED) is 0.757. The summed E-state index contributed by atoms with van der Waals surface area (Å²) in [5.41, 5.74) is -0.282. The highest BCUT2D eigenvalue weighted by atomic mass is 19.4. The van der Waals surface area contributed by atoms with Gasteiger partial charge in [-0.15, -0.1) is 0 Å². The molecule has 1 aliphatic heterocycles. The van der Waals surface area contributed by atoms with Gasteiger partial charge in [0.25, 0.3) is 0 Å². The fourth-order valence-corrected chi connectivity index (χ4v) is 3.11. The van der Waals surface area contributed by atoms with Gasteiger partial charge in [-0.25, -0.2) is 4.79 Å². The zero-order valence-corrected chi connectivity index (χ0v) is 14.0. The third kappa shape index (κ3) is 3.46. The summed E-state index contributed by atoms with van der Waals surface area (Å²) < 4.78 is 44.5. The van der Waals surface area contributed by atoms with E-state index in [0.717, 1.165) is 12.1 Å². The van der Waals surface area contributed by atoms with Crippen LogP contribution in [0.1, 0.15) is 56.9 Å². The Hall–Kier alpha value is -1.72. The Labute approximate surface area is 134 Å². The minimum atomic E-state index is -4.42. The van der Waals surface area contributed by atoms with Gasteiger partial charge in [0.05, 0.1) is 11.6 Å². The summed E-state index contributed by atoms with van der Waals surface area (Å²) >= 11 is 0. The molecule has 1 aliphatic rings. The van der Waals surface area contributed by atoms with Gasteiger partial charge in [-0.2, -0.15) is 13.2 Å². The maximum Gasteiger partial charge on any atom is 0.416 e. The van der Waals surface area contributed by atoms with E-state index in [-0.39, 0.29) is 6.04 Å². The first kappa shape index (κ1) is 17.6. The van der Waals surface area contributed by atoms with E-state index in [9.17, 15) is 18.0 Å². The SMILES string of the molecule is CC[C@@H]1[C@@H](c2cc(C)cc(C(F)(F)F)c2)OC(=O)N1C(C)(C)C. The minimum Gasteiger partial charge on any atom is -0.439 e. The normalized spacial score (nSPS) is 22.4. The van der Waals surface area contributed by atoms with Crippen molar-refractivity contribution in [3.63, 3.8) is 0 Å². The summed E-state index contributed by atoms with van der Waals surface area (Å²) in [6, 6.07) is 3.55. The van der Waals surface area contributed by atoms with Crippen LogP contribution >= 0.6 is 0 Å². The van der Waals surface area contributed by atoms with Crippen LogP contribution in [0.25, 0.3) is 0 Å². The van der Waals surface area contributed by atoms with Gasteiger partial charge in [0.2, 0.25) is 0 Å². The maximum absolute atomic E-state index is 13.0. The van der Waals surface area contributed by atoms with Crippen LogP contribution < -0.4 is 0 Å². The number of ether oxygens (including phenoxy) is 1. The zero-order chi connectivity index (χ0) is 17.6. The Balaban J connectivity index is 2.46. The Morgan fingerprint density at radius 3 is 2.26 bits per heavy atom. The molecule has 3 nitrogen and oxygen atoms in total. The number of nitrogens with zero attached hydrogens (tertiary/aromatic N) is 1. The molecule has 0 bridgehead atoms. The third-order valence-electron chi connectivity index (χ3n) is 4.00. The molecule has 0 aliphatic carbocycles. The third-order valence-corrected chi connectivity index (χ3v) is 4.00. The Morgan fingerprint density at radius 2 is 1.78 bits per heavy atom. The standard InChI is InChI=1S/C17H22F3NO2/c1-6-13-14(23-15(22)21(13)16(3,4)5)11-7-10(2)8-12(9-11)17(18,19)20/h7-9,13-14H,6H2,1-5H3/t13-,14-/m1/s1. The molecule has 0 unspecified atom stereocenters. The Morgan fingerprint density at radius 1 is 1.17 bits per heavy atom. The van der Waals surface area contributed by atoms with E-state index in [0.29, 0.717) is 17.5 Å². The van der Waals surface area contributed by atoms with Gasteiger partial charge in [0.1, 0.15) is 6.10 Å². The first-order chi connectivity index (χ1) is 10.4. The number of hydrogen-bond donors (Lipinski definition) is 0. The highest BCUT2D eigenvalue weighted by molar-refractivity contribution is 5.72. The molecule has 0 spiro atoms. The molecule has 1 heterocycles. The topological polar surface area (TPSA) is 29.5 Å². The van der Waals surface area contributed by atoms with E-state index in [2.05, 4.69) is 0 Å². The largest absolute Gasteiger partial charge is 0.439 e. The van der Waals surface area contributed by atoms with Crippen LogP contribution in [-0.2, 0) is 10.9 Å². The van der Waals surface area contributed by atoms with Crippen molar-refractivity contribution in [2.45, 2.75) is 64.9 Å². The molecular weight excluding hydrogens is 307 g/mol. The second-order valence-corrected chi connectivity index (χ2v) is 6.95. The van der Waals surface area contributed by atoms with Crippen LogP contribution in [0.4, 0.5) is 18.0 Å². The Bertz CT molecular complexity index is 605. The summed E-state index contributed by atoms with van der Waals surface area (Å²) in [5.74, 6) is 0. The van der Waals surface area contributed by atoms with Gasteiger partial charge in [-0.05, 0) is 51.8 Å². The molecule has 0 radical (unpaired) electrons. The average molecular weight is 329 g/mol. The smallest absolute Gasteiger partial charge is 0.416 e. The van der Waals surface area contributed by atoms with Gasteiger partial charge in [0.15, 0.2) is 0 Å². The van der Waals surface area contributed by atoms with Crippen molar-refractivity contribution in [3.8, 4) is 0 Å². The van der Waals surface area contributed by atoms with Crippen molar-refractivity contribution in [1.29, 1.82) is 0 Å². The molecular formula is C17H22F3NO2. The second-order valence-electron chi connectivity index (χ2n) is 6.95. The van der Waals surface area contributed by atoms with Crippen LogP contribution in [0.15, 0.2) is 18.2 Å². The number of carbonyl (C=O) groups is 1. The van der Waals surface area contributed by atoms with Crippen molar-refractivity contribution in [2.75, 3.05) is 0 Å². The lowest BCUT2D eigenvalue weighted by molar-refractivity contribution is -0.137. The summed E-state index contributed by atoms with van der Waals surface area (Å²) in [4.78, 5) is 13.8. The van der Waals surface area contributed by atoms with E-state index >= 15 is 0 Å². The number of amides is 1. The summed E-state index contributed by atoms with van der Waals surface area (Å²) in [5, 5.41) is 0. The van der Waals surface area contributed by atoms with E-state index in [1.54, 1.807) is 17.9 Å². The van der Waals surface area contributed by atoms with E-state index in [1.807, 2.05) is 27.7 Å². The number of aryl methyl sites for hydroxylation is 1. The lowest BCUT2D eigenvalue weighted by Crippen LogP contribution is -2.47. The fourth-order valence-electron chi connectivity index (χ4n) is 3.11. The van der Waals surface area contributed by atoms with Crippen LogP contribution in [0.3, 0.4) is 0 Å². The summed E-state index contributed by atoms with van der Waals surface area (Å²) in [6.45, 7) is 9.17. The molecule has 0 aromatic heterocycles. The molecule has 0 saturated carbocycles. The maximum atomic E-state index is 13.0. The molecule has 6 heteroatoms. The van der Waals surface area contributed by atoms with E-state index < -0.39 is 29.5 Å². The highest BCUT2D eigenvalue weighted by Crippen LogP contribution is 2.40. The summed E-state index contributed by atoms with van der Waals surface area (Å²) in [6.07, 6.45) is -4.99. The first-order valence-corrected chi connectivity index (χ1v) is 7.64. The molecule has 128 valence electrons. The molecule has 2 rings (SSSR count). The predicted octanol–water partition coefficient (Wildman–Crippen LogP) is 5.08. The van der Waals surface area contributed by atoms with Gasteiger partial charge < -0.3 is 4.74 Å². The number of rotatable bonds is 2. The average Bonchev–Trinajstić information content (AvgIpc) is 2.73. The predicted molar refractivity (Wildman–Crippen MR) is 81.1 cm³/mol. The van der Waals surface area contributed by atoms with Crippen LogP contribution in [-0.4, -0.2) is 22.6 Å². The summed E-state index contributed by atoms with van der Waals surface area (Å²) in [7, 11) is 0. The molecule has 1 fully saturated rings.